The molecule has 0 saturated carbocycles. The summed E-state index contributed by atoms with van der Waals surface area (Å²) < 4.78 is 34.6. The predicted molar refractivity (Wildman–Crippen MR) is 152 cm³/mol. The van der Waals surface area contributed by atoms with Crippen LogP contribution in [0.4, 0.5) is 5.69 Å². The Balaban J connectivity index is 2.03. The van der Waals surface area contributed by atoms with Gasteiger partial charge in [-0.15, -0.1) is 0 Å². The van der Waals surface area contributed by atoms with E-state index < -0.39 is 28.5 Å². The van der Waals surface area contributed by atoms with Crippen molar-refractivity contribution in [2.75, 3.05) is 24.5 Å². The minimum Gasteiger partial charge on any atom is -0.497 e. The number of nitrogens with zero attached hydrogens (tertiary/aromatic N) is 2. The lowest BCUT2D eigenvalue weighted by Crippen LogP contribution is -2.51. The average Bonchev–Trinajstić information content (AvgIpc) is 2.90. The SMILES string of the molecule is CCNC(=O)[C@@H](C)N(Cc1cccc(Br)c1)C(=O)CN(c1cccc(Cl)c1)S(=O)(=O)c1ccc(OC)cc1. The van der Waals surface area contributed by atoms with Gasteiger partial charge in [0.2, 0.25) is 11.8 Å². The molecule has 3 aromatic rings. The molecule has 38 heavy (non-hydrogen) atoms. The van der Waals surface area contributed by atoms with Gasteiger partial charge in [-0.25, -0.2) is 8.42 Å². The Labute approximate surface area is 236 Å². The Morgan fingerprint density at radius 2 is 1.74 bits per heavy atom. The highest BCUT2D eigenvalue weighted by Crippen LogP contribution is 2.28. The van der Waals surface area contributed by atoms with Gasteiger partial charge in [0.15, 0.2) is 0 Å². The Bertz CT molecular complexity index is 1390. The van der Waals surface area contributed by atoms with Crippen molar-refractivity contribution in [3.05, 3.63) is 87.9 Å². The molecule has 1 atom stereocenters. The van der Waals surface area contributed by atoms with Gasteiger partial charge in [-0.2, -0.15) is 0 Å². The van der Waals surface area contributed by atoms with E-state index in [1.165, 1.54) is 42.3 Å². The van der Waals surface area contributed by atoms with Crippen molar-refractivity contribution in [3.63, 3.8) is 0 Å². The van der Waals surface area contributed by atoms with Crippen molar-refractivity contribution in [1.29, 1.82) is 0 Å². The first-order chi connectivity index (χ1) is 18.1. The highest BCUT2D eigenvalue weighted by Gasteiger charge is 2.32. The fraction of sp³-hybridized carbons (Fsp3) is 0.259. The summed E-state index contributed by atoms with van der Waals surface area (Å²) in [7, 11) is -2.71. The standard InChI is InChI=1S/C27H29BrClN3O5S/c1-4-30-27(34)19(2)31(17-20-7-5-8-21(28)15-20)26(33)18-32(23-10-6-9-22(29)16-23)38(35,36)25-13-11-24(37-3)12-14-25/h5-16,19H,4,17-18H2,1-3H3,(H,30,34)/t19-/m1/s1. The number of methoxy groups -OCH3 is 1. The number of sulfonamides is 1. The van der Waals surface area contributed by atoms with E-state index in [2.05, 4.69) is 21.2 Å². The van der Waals surface area contributed by atoms with Gasteiger partial charge in [0.05, 0.1) is 17.7 Å². The number of nitrogens with one attached hydrogen (secondary N) is 1. The molecule has 0 aliphatic heterocycles. The summed E-state index contributed by atoms with van der Waals surface area (Å²) in [4.78, 5) is 27.9. The zero-order valence-corrected chi connectivity index (χ0v) is 24.4. The summed E-state index contributed by atoms with van der Waals surface area (Å²) in [6.07, 6.45) is 0. The Morgan fingerprint density at radius 1 is 1.05 bits per heavy atom. The van der Waals surface area contributed by atoms with Crippen molar-refractivity contribution in [3.8, 4) is 5.75 Å². The van der Waals surface area contributed by atoms with Crippen LogP contribution in [-0.2, 0) is 26.2 Å². The molecule has 0 aliphatic rings. The summed E-state index contributed by atoms with van der Waals surface area (Å²) in [6, 6.07) is 18.6. The summed E-state index contributed by atoms with van der Waals surface area (Å²) in [5, 5.41) is 3.05. The number of ether oxygens (including phenoxy) is 1. The average molecular weight is 623 g/mol. The highest BCUT2D eigenvalue weighted by molar-refractivity contribution is 9.10. The topological polar surface area (TPSA) is 96.0 Å². The van der Waals surface area contributed by atoms with Crippen LogP contribution in [0.5, 0.6) is 5.75 Å². The number of halogens is 2. The van der Waals surface area contributed by atoms with Crippen molar-refractivity contribution in [1.82, 2.24) is 10.2 Å². The van der Waals surface area contributed by atoms with Crippen LogP contribution in [0.2, 0.25) is 5.02 Å². The maximum Gasteiger partial charge on any atom is 0.264 e. The fourth-order valence-electron chi connectivity index (χ4n) is 3.77. The van der Waals surface area contributed by atoms with Crippen LogP contribution >= 0.6 is 27.5 Å². The molecule has 0 saturated heterocycles. The van der Waals surface area contributed by atoms with E-state index in [1.54, 1.807) is 32.0 Å². The normalized spacial score (nSPS) is 11.9. The molecule has 2 amide bonds. The molecule has 0 unspecified atom stereocenters. The van der Waals surface area contributed by atoms with Crippen molar-refractivity contribution in [2.45, 2.75) is 31.3 Å². The van der Waals surface area contributed by atoms with Gasteiger partial charge >= 0.3 is 0 Å². The molecule has 8 nitrogen and oxygen atoms in total. The third-order valence-electron chi connectivity index (χ3n) is 5.78. The molecule has 202 valence electrons. The number of anilines is 1. The van der Waals surface area contributed by atoms with Crippen molar-refractivity contribution >= 4 is 55.1 Å². The van der Waals surface area contributed by atoms with Crippen LogP contribution in [-0.4, -0.2) is 51.4 Å². The van der Waals surface area contributed by atoms with Gasteiger partial charge in [-0.1, -0.05) is 45.7 Å². The first-order valence-electron chi connectivity index (χ1n) is 11.8. The Morgan fingerprint density at radius 3 is 2.34 bits per heavy atom. The molecule has 0 heterocycles. The monoisotopic (exact) mass is 621 g/mol. The second kappa shape index (κ2) is 13.1. The highest BCUT2D eigenvalue weighted by atomic mass is 79.9. The molecule has 0 aromatic heterocycles. The number of carbonyl (C=O) groups excluding carboxylic acids is 2. The maximum absolute atomic E-state index is 13.8. The number of benzene rings is 3. The predicted octanol–water partition coefficient (Wildman–Crippen LogP) is 4.86. The minimum absolute atomic E-state index is 0.0265. The van der Waals surface area contributed by atoms with Crippen molar-refractivity contribution < 1.29 is 22.7 Å². The molecule has 3 rings (SSSR count). The van der Waals surface area contributed by atoms with Gasteiger partial charge in [0, 0.05) is 22.6 Å². The lowest BCUT2D eigenvalue weighted by Gasteiger charge is -2.32. The molecule has 1 N–H and O–H groups in total. The quantitative estimate of drug-likeness (QED) is 0.330. The first-order valence-corrected chi connectivity index (χ1v) is 14.4. The molecule has 0 fully saturated rings. The van der Waals surface area contributed by atoms with E-state index in [4.69, 9.17) is 16.3 Å². The smallest absolute Gasteiger partial charge is 0.264 e. The second-order valence-electron chi connectivity index (χ2n) is 8.39. The van der Waals surface area contributed by atoms with Crippen LogP contribution < -0.4 is 14.4 Å². The number of hydrogen-bond donors (Lipinski definition) is 1. The number of rotatable bonds is 11. The Hall–Kier alpha value is -3.08. The zero-order chi connectivity index (χ0) is 27.9. The largest absolute Gasteiger partial charge is 0.497 e. The van der Waals surface area contributed by atoms with E-state index in [0.29, 0.717) is 17.3 Å². The van der Waals surface area contributed by atoms with Gasteiger partial charge in [0.1, 0.15) is 18.3 Å². The summed E-state index contributed by atoms with van der Waals surface area (Å²) in [5.74, 6) is -0.408. The van der Waals surface area contributed by atoms with Crippen LogP contribution in [0, 0.1) is 0 Å². The number of carbonyl (C=O) groups is 2. The third kappa shape index (κ3) is 7.27. The van der Waals surface area contributed by atoms with E-state index in [9.17, 15) is 18.0 Å². The summed E-state index contributed by atoms with van der Waals surface area (Å²) >= 11 is 9.61. The van der Waals surface area contributed by atoms with Gasteiger partial charge < -0.3 is 15.0 Å². The number of amides is 2. The molecule has 3 aromatic carbocycles. The van der Waals surface area contributed by atoms with E-state index in [-0.39, 0.29) is 23.0 Å². The van der Waals surface area contributed by atoms with Crippen molar-refractivity contribution in [2.24, 2.45) is 0 Å². The van der Waals surface area contributed by atoms with Gasteiger partial charge in [-0.3, -0.25) is 13.9 Å². The van der Waals surface area contributed by atoms with Crippen LogP contribution in [0.15, 0.2) is 82.2 Å². The molecule has 11 heteroatoms. The number of likely N-dealkylation sites (N-methyl/N-ethyl adjacent to an activating group) is 1. The molecule has 0 bridgehead atoms. The summed E-state index contributed by atoms with van der Waals surface area (Å²) in [6.45, 7) is 3.34. The fourth-order valence-corrected chi connectivity index (χ4v) is 5.81. The zero-order valence-electron chi connectivity index (χ0n) is 21.2. The lowest BCUT2D eigenvalue weighted by molar-refractivity contribution is -0.139. The molecular weight excluding hydrogens is 594 g/mol. The van der Waals surface area contributed by atoms with Crippen LogP contribution in [0.1, 0.15) is 19.4 Å². The molecule has 0 aliphatic carbocycles. The van der Waals surface area contributed by atoms with E-state index >= 15 is 0 Å². The van der Waals surface area contributed by atoms with E-state index in [0.717, 1.165) is 14.3 Å². The molecule has 0 radical (unpaired) electrons. The lowest BCUT2D eigenvalue weighted by atomic mass is 10.1. The van der Waals surface area contributed by atoms with Gasteiger partial charge in [-0.05, 0) is 74.0 Å². The van der Waals surface area contributed by atoms with Crippen LogP contribution in [0.25, 0.3) is 0 Å². The third-order valence-corrected chi connectivity index (χ3v) is 8.30. The number of hydrogen-bond acceptors (Lipinski definition) is 5. The Kier molecular flexibility index (Phi) is 10.2. The summed E-state index contributed by atoms with van der Waals surface area (Å²) in [5.41, 5.74) is 0.992. The maximum atomic E-state index is 13.8. The first kappa shape index (κ1) is 29.5. The van der Waals surface area contributed by atoms with Crippen LogP contribution in [0.3, 0.4) is 0 Å². The second-order valence-corrected chi connectivity index (χ2v) is 11.6. The minimum atomic E-state index is -4.20. The van der Waals surface area contributed by atoms with E-state index in [1.807, 2.05) is 24.3 Å². The van der Waals surface area contributed by atoms with Gasteiger partial charge in [0.25, 0.3) is 10.0 Å². The molecular formula is C27H29BrClN3O5S. The molecule has 0 spiro atoms.